The Morgan fingerprint density at radius 2 is 2.14 bits per heavy atom. The average Bonchev–Trinajstić information content (AvgIpc) is 2.85. The number of halogens is 1. The monoisotopic (exact) mass is 337 g/mol. The summed E-state index contributed by atoms with van der Waals surface area (Å²) in [5.41, 5.74) is 5.31. The first-order valence-corrected chi connectivity index (χ1v) is 7.38. The second-order valence-corrected chi connectivity index (χ2v) is 6.44. The molecule has 0 spiro atoms. The first kappa shape index (κ1) is 17.6. The quantitative estimate of drug-likeness (QED) is 0.640. The van der Waals surface area contributed by atoms with Gasteiger partial charge >= 0.3 is 5.69 Å². The van der Waals surface area contributed by atoms with Gasteiger partial charge in [0.05, 0.1) is 16.9 Å². The fourth-order valence-electron chi connectivity index (χ4n) is 2.09. The van der Waals surface area contributed by atoms with E-state index in [4.69, 9.17) is 10.5 Å². The third kappa shape index (κ3) is 3.43. The second-order valence-electron chi connectivity index (χ2n) is 4.50. The second kappa shape index (κ2) is 6.56. The number of nitro groups is 1. The molecule has 1 aliphatic rings. The SMILES string of the molecule is COc1ccc(S(=O)(=O)N2CCC(N)C2)cc1[N+](=O)[O-].Cl. The summed E-state index contributed by atoms with van der Waals surface area (Å²) in [6.45, 7) is 0.547. The Morgan fingerprint density at radius 3 is 2.62 bits per heavy atom. The molecule has 0 amide bonds. The number of sulfonamides is 1. The summed E-state index contributed by atoms with van der Waals surface area (Å²) in [5.74, 6) is 0.0204. The molecule has 0 radical (unpaired) electrons. The summed E-state index contributed by atoms with van der Waals surface area (Å²) in [6.07, 6.45) is 0.581. The molecule has 2 N–H and O–H groups in total. The maximum Gasteiger partial charge on any atom is 0.312 e. The molecule has 1 aliphatic heterocycles. The molecule has 1 aromatic rings. The van der Waals surface area contributed by atoms with Crippen molar-refractivity contribution in [3.63, 3.8) is 0 Å². The van der Waals surface area contributed by atoms with Gasteiger partial charge in [0.1, 0.15) is 0 Å². The number of nitrogens with zero attached hydrogens (tertiary/aromatic N) is 2. The van der Waals surface area contributed by atoms with Crippen LogP contribution in [-0.2, 0) is 10.0 Å². The molecule has 0 bridgehead atoms. The molecule has 1 atom stereocenters. The van der Waals surface area contributed by atoms with Crippen LogP contribution in [0.2, 0.25) is 0 Å². The first-order chi connectivity index (χ1) is 9.36. The lowest BCUT2D eigenvalue weighted by atomic mass is 10.3. The molecular weight excluding hydrogens is 322 g/mol. The molecule has 1 aromatic carbocycles. The highest BCUT2D eigenvalue weighted by Crippen LogP contribution is 2.31. The van der Waals surface area contributed by atoms with Gasteiger partial charge in [-0.1, -0.05) is 0 Å². The lowest BCUT2D eigenvalue weighted by Crippen LogP contribution is -2.32. The predicted molar refractivity (Wildman–Crippen MR) is 78.2 cm³/mol. The van der Waals surface area contributed by atoms with Crippen LogP contribution in [0.15, 0.2) is 23.1 Å². The lowest BCUT2D eigenvalue weighted by molar-refractivity contribution is -0.386. The van der Waals surface area contributed by atoms with E-state index >= 15 is 0 Å². The zero-order valence-corrected chi connectivity index (χ0v) is 12.9. The summed E-state index contributed by atoms with van der Waals surface area (Å²) < 4.78 is 30.8. The molecule has 21 heavy (non-hydrogen) atoms. The standard InChI is InChI=1S/C11H15N3O5S.ClH/c1-19-11-3-2-9(6-10(11)14(15)16)20(17,18)13-5-4-8(12)7-13;/h2-3,6,8H,4-5,7,12H2,1H3;1H. The van der Waals surface area contributed by atoms with E-state index in [9.17, 15) is 18.5 Å². The third-order valence-electron chi connectivity index (χ3n) is 3.17. The predicted octanol–water partition coefficient (Wildman–Crippen LogP) is 0.747. The minimum Gasteiger partial charge on any atom is -0.490 e. The fourth-order valence-corrected chi connectivity index (χ4v) is 3.63. The van der Waals surface area contributed by atoms with Gasteiger partial charge in [-0.25, -0.2) is 8.42 Å². The topological polar surface area (TPSA) is 116 Å². The Balaban J connectivity index is 0.00000220. The summed E-state index contributed by atoms with van der Waals surface area (Å²) in [6, 6.07) is 3.39. The van der Waals surface area contributed by atoms with Crippen molar-refractivity contribution in [2.75, 3.05) is 20.2 Å². The van der Waals surface area contributed by atoms with Crippen molar-refractivity contribution < 1.29 is 18.1 Å². The number of ether oxygens (including phenoxy) is 1. The van der Waals surface area contributed by atoms with Crippen LogP contribution in [0.25, 0.3) is 0 Å². The highest BCUT2D eigenvalue weighted by molar-refractivity contribution is 7.89. The normalized spacial score (nSPS) is 19.0. The van der Waals surface area contributed by atoms with E-state index in [0.29, 0.717) is 13.0 Å². The number of nitro benzene ring substituents is 1. The van der Waals surface area contributed by atoms with Crippen LogP contribution in [-0.4, -0.2) is 43.9 Å². The number of benzene rings is 1. The van der Waals surface area contributed by atoms with Crippen LogP contribution in [0, 0.1) is 10.1 Å². The maximum atomic E-state index is 12.4. The van der Waals surface area contributed by atoms with Gasteiger partial charge in [0.25, 0.3) is 0 Å². The summed E-state index contributed by atoms with van der Waals surface area (Å²) >= 11 is 0. The van der Waals surface area contributed by atoms with E-state index in [1.54, 1.807) is 0 Å². The van der Waals surface area contributed by atoms with Crippen molar-refractivity contribution in [3.05, 3.63) is 28.3 Å². The summed E-state index contributed by atoms with van der Waals surface area (Å²) in [7, 11) is -2.47. The number of hydrogen-bond acceptors (Lipinski definition) is 6. The summed E-state index contributed by atoms with van der Waals surface area (Å²) in [4.78, 5) is 10.1. The zero-order valence-electron chi connectivity index (χ0n) is 11.3. The van der Waals surface area contributed by atoms with Crippen molar-refractivity contribution in [1.82, 2.24) is 4.31 Å². The first-order valence-electron chi connectivity index (χ1n) is 5.94. The summed E-state index contributed by atoms with van der Waals surface area (Å²) in [5, 5.41) is 10.9. The molecule has 8 nitrogen and oxygen atoms in total. The van der Waals surface area contributed by atoms with Gasteiger partial charge in [-0.2, -0.15) is 4.31 Å². The van der Waals surface area contributed by atoms with Gasteiger partial charge in [-0.05, 0) is 18.6 Å². The van der Waals surface area contributed by atoms with Crippen molar-refractivity contribution in [1.29, 1.82) is 0 Å². The van der Waals surface area contributed by atoms with Gasteiger partial charge < -0.3 is 10.5 Å². The van der Waals surface area contributed by atoms with Gasteiger partial charge in [0, 0.05) is 25.2 Å². The van der Waals surface area contributed by atoms with Crippen LogP contribution in [0.5, 0.6) is 5.75 Å². The van der Waals surface area contributed by atoms with E-state index in [1.165, 1.54) is 23.5 Å². The van der Waals surface area contributed by atoms with Gasteiger partial charge in [-0.3, -0.25) is 10.1 Å². The Morgan fingerprint density at radius 1 is 1.48 bits per heavy atom. The Bertz CT molecular complexity index is 637. The van der Waals surface area contributed by atoms with Crippen LogP contribution in [0.1, 0.15) is 6.42 Å². The number of hydrogen-bond donors (Lipinski definition) is 1. The van der Waals surface area contributed by atoms with Crippen LogP contribution >= 0.6 is 12.4 Å². The Labute approximate surface area is 128 Å². The Hall–Kier alpha value is -1.42. The fraction of sp³-hybridized carbons (Fsp3) is 0.455. The average molecular weight is 338 g/mol. The Kier molecular flexibility index (Phi) is 5.51. The molecule has 118 valence electrons. The lowest BCUT2D eigenvalue weighted by Gasteiger charge is -2.16. The molecular formula is C11H16ClN3O5S. The van der Waals surface area contributed by atoms with Crippen molar-refractivity contribution in [2.45, 2.75) is 17.4 Å². The largest absolute Gasteiger partial charge is 0.490 e. The van der Waals surface area contributed by atoms with E-state index in [-0.39, 0.29) is 41.3 Å². The van der Waals surface area contributed by atoms with Crippen LogP contribution in [0.3, 0.4) is 0 Å². The molecule has 1 saturated heterocycles. The molecule has 2 rings (SSSR count). The molecule has 1 heterocycles. The number of nitrogens with two attached hydrogens (primary N) is 1. The minimum atomic E-state index is -3.76. The molecule has 0 aliphatic carbocycles. The van der Waals surface area contributed by atoms with Gasteiger partial charge in [0.15, 0.2) is 5.75 Å². The highest BCUT2D eigenvalue weighted by atomic mass is 35.5. The molecule has 0 saturated carbocycles. The van der Waals surface area contributed by atoms with Crippen molar-refractivity contribution in [2.24, 2.45) is 5.73 Å². The van der Waals surface area contributed by atoms with Crippen LogP contribution < -0.4 is 10.5 Å². The van der Waals surface area contributed by atoms with Gasteiger partial charge in [0.2, 0.25) is 10.0 Å². The molecule has 1 fully saturated rings. The molecule has 0 aromatic heterocycles. The van der Waals surface area contributed by atoms with Crippen molar-refractivity contribution >= 4 is 28.1 Å². The molecule has 1 unspecified atom stereocenters. The smallest absolute Gasteiger partial charge is 0.312 e. The highest BCUT2D eigenvalue weighted by Gasteiger charge is 2.32. The minimum absolute atomic E-state index is 0. The number of methoxy groups -OCH3 is 1. The van der Waals surface area contributed by atoms with Crippen molar-refractivity contribution in [3.8, 4) is 5.75 Å². The zero-order chi connectivity index (χ0) is 14.9. The van der Waals surface area contributed by atoms with Crippen LogP contribution in [0.4, 0.5) is 5.69 Å². The van der Waals surface area contributed by atoms with Gasteiger partial charge in [-0.15, -0.1) is 12.4 Å². The molecule has 10 heteroatoms. The van der Waals surface area contributed by atoms with E-state index < -0.39 is 14.9 Å². The van der Waals surface area contributed by atoms with E-state index in [0.717, 1.165) is 6.07 Å². The third-order valence-corrected chi connectivity index (χ3v) is 5.03. The van der Waals surface area contributed by atoms with E-state index in [2.05, 4.69) is 0 Å². The number of rotatable bonds is 4. The van der Waals surface area contributed by atoms with E-state index in [1.807, 2.05) is 0 Å². The maximum absolute atomic E-state index is 12.4.